The van der Waals surface area contributed by atoms with Crippen molar-refractivity contribution in [2.45, 2.75) is 36.6 Å². The first kappa shape index (κ1) is 25.4. The fourth-order valence-electron chi connectivity index (χ4n) is 3.83. The Hall–Kier alpha value is -3.65. The number of aromatic nitrogens is 3. The standard InChI is InChI=1S/C28H29FN4O2S/c1-35-25-13-6-12-24(19-25)33-26(31-32-28(33)36-20-22-10-5-11-23(29)18-22)14-7-15-27(34)30-17-16-21-8-3-2-4-9-21/h2-6,8-13,18-19H,7,14-17,20H2,1H3,(H,30,34). The van der Waals surface area contributed by atoms with Gasteiger partial charge in [0.1, 0.15) is 17.4 Å². The van der Waals surface area contributed by atoms with Crippen molar-refractivity contribution in [1.82, 2.24) is 20.1 Å². The first-order valence-electron chi connectivity index (χ1n) is 11.9. The van der Waals surface area contributed by atoms with Crippen LogP contribution in [0.5, 0.6) is 5.75 Å². The molecule has 0 saturated heterocycles. The molecule has 0 unspecified atom stereocenters. The number of halogens is 1. The highest BCUT2D eigenvalue weighted by Gasteiger charge is 2.16. The van der Waals surface area contributed by atoms with Crippen LogP contribution in [0.1, 0.15) is 29.8 Å². The number of rotatable bonds is 12. The third-order valence-corrected chi connectivity index (χ3v) is 6.65. The molecule has 0 aliphatic rings. The predicted molar refractivity (Wildman–Crippen MR) is 140 cm³/mol. The van der Waals surface area contributed by atoms with Crippen LogP contribution in [0.2, 0.25) is 0 Å². The lowest BCUT2D eigenvalue weighted by atomic mass is 10.1. The Morgan fingerprint density at radius 3 is 2.58 bits per heavy atom. The lowest BCUT2D eigenvalue weighted by Gasteiger charge is -2.12. The Bertz CT molecular complexity index is 1280. The molecule has 0 bridgehead atoms. The first-order chi connectivity index (χ1) is 17.6. The van der Waals surface area contributed by atoms with Crippen molar-refractivity contribution in [3.8, 4) is 11.4 Å². The van der Waals surface area contributed by atoms with Crippen LogP contribution in [0.25, 0.3) is 5.69 Å². The molecule has 4 aromatic rings. The van der Waals surface area contributed by atoms with Crippen molar-refractivity contribution in [2.24, 2.45) is 0 Å². The van der Waals surface area contributed by atoms with Crippen molar-refractivity contribution in [3.63, 3.8) is 0 Å². The third-order valence-electron chi connectivity index (χ3n) is 5.65. The van der Waals surface area contributed by atoms with Crippen molar-refractivity contribution in [2.75, 3.05) is 13.7 Å². The summed E-state index contributed by atoms with van der Waals surface area (Å²) in [6.45, 7) is 0.615. The summed E-state index contributed by atoms with van der Waals surface area (Å²) in [7, 11) is 1.63. The number of hydrogen-bond donors (Lipinski definition) is 1. The minimum Gasteiger partial charge on any atom is -0.497 e. The van der Waals surface area contributed by atoms with Crippen LogP contribution in [-0.4, -0.2) is 34.3 Å². The number of benzene rings is 3. The molecular weight excluding hydrogens is 475 g/mol. The van der Waals surface area contributed by atoms with E-state index in [1.807, 2.05) is 53.1 Å². The lowest BCUT2D eigenvalue weighted by Crippen LogP contribution is -2.25. The second kappa shape index (κ2) is 12.9. The van der Waals surface area contributed by atoms with Crippen LogP contribution in [0.4, 0.5) is 4.39 Å². The third kappa shape index (κ3) is 7.18. The SMILES string of the molecule is COc1cccc(-n2c(CCCC(=O)NCCc3ccccc3)nnc2SCc2cccc(F)c2)c1. The van der Waals surface area contributed by atoms with Gasteiger partial charge in [-0.3, -0.25) is 9.36 Å². The predicted octanol–water partition coefficient (Wildman–Crippen LogP) is 5.39. The second-order valence-electron chi connectivity index (χ2n) is 8.29. The van der Waals surface area contributed by atoms with Gasteiger partial charge in [-0.1, -0.05) is 60.3 Å². The molecule has 8 heteroatoms. The maximum absolute atomic E-state index is 13.6. The number of thioether (sulfide) groups is 1. The topological polar surface area (TPSA) is 69.0 Å². The normalized spacial score (nSPS) is 10.8. The number of ether oxygens (including phenoxy) is 1. The lowest BCUT2D eigenvalue weighted by molar-refractivity contribution is -0.121. The minimum absolute atomic E-state index is 0.0269. The molecule has 1 aromatic heterocycles. The Balaban J connectivity index is 1.40. The number of nitrogens with one attached hydrogen (secondary N) is 1. The molecule has 0 atom stereocenters. The molecule has 1 heterocycles. The van der Waals surface area contributed by atoms with Crippen LogP contribution in [0.3, 0.4) is 0 Å². The number of aryl methyl sites for hydroxylation is 1. The Morgan fingerprint density at radius 1 is 0.972 bits per heavy atom. The molecule has 186 valence electrons. The summed E-state index contributed by atoms with van der Waals surface area (Å²) < 4.78 is 21.0. The van der Waals surface area contributed by atoms with E-state index in [2.05, 4.69) is 27.6 Å². The summed E-state index contributed by atoms with van der Waals surface area (Å²) in [5, 5.41) is 12.5. The van der Waals surface area contributed by atoms with Gasteiger partial charge in [0.05, 0.1) is 12.8 Å². The molecule has 3 aromatic carbocycles. The maximum Gasteiger partial charge on any atom is 0.220 e. The second-order valence-corrected chi connectivity index (χ2v) is 9.24. The molecule has 0 fully saturated rings. The molecule has 0 radical (unpaired) electrons. The minimum atomic E-state index is -0.259. The quantitative estimate of drug-likeness (QED) is 0.262. The van der Waals surface area contributed by atoms with E-state index in [1.54, 1.807) is 13.2 Å². The number of methoxy groups -OCH3 is 1. The summed E-state index contributed by atoms with van der Waals surface area (Å²) in [4.78, 5) is 12.3. The highest BCUT2D eigenvalue weighted by atomic mass is 32.2. The van der Waals surface area contributed by atoms with Gasteiger partial charge in [-0.05, 0) is 48.2 Å². The van der Waals surface area contributed by atoms with E-state index in [0.717, 1.165) is 29.2 Å². The van der Waals surface area contributed by atoms with Gasteiger partial charge >= 0.3 is 0 Å². The fourth-order valence-corrected chi connectivity index (χ4v) is 4.74. The van der Waals surface area contributed by atoms with E-state index >= 15 is 0 Å². The number of amides is 1. The van der Waals surface area contributed by atoms with Gasteiger partial charge in [0.15, 0.2) is 5.16 Å². The van der Waals surface area contributed by atoms with Gasteiger partial charge in [0, 0.05) is 31.2 Å². The molecule has 36 heavy (non-hydrogen) atoms. The van der Waals surface area contributed by atoms with E-state index in [9.17, 15) is 9.18 Å². The fraction of sp³-hybridized carbons (Fsp3) is 0.250. The van der Waals surface area contributed by atoms with Crippen molar-refractivity contribution < 1.29 is 13.9 Å². The molecule has 0 aliphatic heterocycles. The first-order valence-corrected chi connectivity index (χ1v) is 12.9. The molecule has 6 nitrogen and oxygen atoms in total. The molecule has 0 saturated carbocycles. The molecule has 4 rings (SSSR count). The maximum atomic E-state index is 13.6. The van der Waals surface area contributed by atoms with Gasteiger partial charge in [-0.2, -0.15) is 0 Å². The zero-order valence-electron chi connectivity index (χ0n) is 20.2. The van der Waals surface area contributed by atoms with Gasteiger partial charge in [0.2, 0.25) is 5.91 Å². The van der Waals surface area contributed by atoms with Crippen molar-refractivity contribution in [1.29, 1.82) is 0 Å². The largest absolute Gasteiger partial charge is 0.497 e. The Kier molecular flexibility index (Phi) is 9.10. The average Bonchev–Trinajstić information content (AvgIpc) is 3.31. The van der Waals surface area contributed by atoms with Crippen LogP contribution in [0, 0.1) is 5.82 Å². The summed E-state index contributed by atoms with van der Waals surface area (Å²) >= 11 is 1.49. The van der Waals surface area contributed by atoms with Gasteiger partial charge < -0.3 is 10.1 Å². The molecule has 0 spiro atoms. The molecule has 1 N–H and O–H groups in total. The number of carbonyl (C=O) groups is 1. The summed E-state index contributed by atoms with van der Waals surface area (Å²) in [5.74, 6) is 1.82. The summed E-state index contributed by atoms with van der Waals surface area (Å²) in [6.07, 6.45) is 2.46. The zero-order valence-corrected chi connectivity index (χ0v) is 21.0. The molecular formula is C28H29FN4O2S. The van der Waals surface area contributed by atoms with E-state index < -0.39 is 0 Å². The van der Waals surface area contributed by atoms with Crippen LogP contribution < -0.4 is 10.1 Å². The summed E-state index contributed by atoms with van der Waals surface area (Å²) in [5.41, 5.74) is 2.95. The number of carbonyl (C=O) groups excluding carboxylic acids is 1. The van der Waals surface area contributed by atoms with E-state index in [4.69, 9.17) is 4.74 Å². The highest BCUT2D eigenvalue weighted by Crippen LogP contribution is 2.27. The molecule has 1 amide bonds. The van der Waals surface area contributed by atoms with E-state index in [-0.39, 0.29) is 11.7 Å². The van der Waals surface area contributed by atoms with Crippen molar-refractivity contribution in [3.05, 3.63) is 102 Å². The monoisotopic (exact) mass is 504 g/mol. The highest BCUT2D eigenvalue weighted by molar-refractivity contribution is 7.98. The van der Waals surface area contributed by atoms with Crippen molar-refractivity contribution >= 4 is 17.7 Å². The summed E-state index contributed by atoms with van der Waals surface area (Å²) in [6, 6.07) is 24.3. The smallest absolute Gasteiger partial charge is 0.220 e. The van der Waals surface area contributed by atoms with E-state index in [0.29, 0.717) is 36.7 Å². The van der Waals surface area contributed by atoms with Gasteiger partial charge in [-0.25, -0.2) is 4.39 Å². The molecule has 0 aliphatic carbocycles. The Labute approximate surface area is 214 Å². The number of hydrogen-bond acceptors (Lipinski definition) is 5. The number of nitrogens with zero attached hydrogens (tertiary/aromatic N) is 3. The van der Waals surface area contributed by atoms with Crippen LogP contribution in [-0.2, 0) is 23.4 Å². The Morgan fingerprint density at radius 2 is 1.78 bits per heavy atom. The van der Waals surface area contributed by atoms with Gasteiger partial charge in [0.25, 0.3) is 0 Å². The van der Waals surface area contributed by atoms with Gasteiger partial charge in [-0.15, -0.1) is 10.2 Å². The van der Waals surface area contributed by atoms with Crippen LogP contribution in [0.15, 0.2) is 84.0 Å². The zero-order chi connectivity index (χ0) is 25.2. The van der Waals surface area contributed by atoms with Crippen LogP contribution >= 0.6 is 11.8 Å². The average molecular weight is 505 g/mol. The van der Waals surface area contributed by atoms with E-state index in [1.165, 1.54) is 29.5 Å².